The summed E-state index contributed by atoms with van der Waals surface area (Å²) < 4.78 is 0. The second kappa shape index (κ2) is 8.11. The van der Waals surface area contributed by atoms with Gasteiger partial charge in [-0.2, -0.15) is 0 Å². The first-order valence-corrected chi connectivity index (χ1v) is 6.49. The van der Waals surface area contributed by atoms with Crippen LogP contribution in [0.3, 0.4) is 0 Å². The van der Waals surface area contributed by atoms with Gasteiger partial charge in [0, 0.05) is 24.8 Å². The van der Waals surface area contributed by atoms with Crippen LogP contribution in [0, 0.1) is 10.1 Å². The summed E-state index contributed by atoms with van der Waals surface area (Å²) in [4.78, 5) is 21.5. The van der Waals surface area contributed by atoms with Crippen LogP contribution in [0.1, 0.15) is 36.0 Å². The Bertz CT molecular complexity index is 477. The summed E-state index contributed by atoms with van der Waals surface area (Å²) in [5.41, 5.74) is 5.61. The van der Waals surface area contributed by atoms with E-state index < -0.39 is 10.8 Å². The molecule has 0 aliphatic heterocycles. The van der Waals surface area contributed by atoms with Crippen LogP contribution < -0.4 is 11.1 Å². The summed E-state index contributed by atoms with van der Waals surface area (Å²) in [7, 11) is 0. The Balaban J connectivity index is 2.63. The minimum Gasteiger partial charge on any atom is -0.396 e. The van der Waals surface area contributed by atoms with Gasteiger partial charge in [-0.25, -0.2) is 0 Å². The molecule has 0 aromatic heterocycles. The van der Waals surface area contributed by atoms with Gasteiger partial charge in [0.25, 0.3) is 5.69 Å². The molecule has 0 radical (unpaired) electrons. The van der Waals surface area contributed by atoms with Crippen molar-refractivity contribution in [2.75, 3.05) is 18.5 Å². The monoisotopic (exact) mass is 281 g/mol. The number of nitrogens with one attached hydrogen (secondary N) is 1. The molecular weight excluding hydrogens is 262 g/mol. The van der Waals surface area contributed by atoms with Crippen molar-refractivity contribution in [1.82, 2.24) is 0 Å². The molecule has 1 amide bonds. The molecule has 4 N–H and O–H groups in total. The SMILES string of the molecule is NC(=O)c1ccc([N+](=O)[O-])c(NCCCCCCO)c1. The fourth-order valence-electron chi connectivity index (χ4n) is 1.80. The number of nitro groups is 1. The molecule has 110 valence electrons. The number of benzene rings is 1. The van der Waals surface area contributed by atoms with E-state index in [9.17, 15) is 14.9 Å². The average Bonchev–Trinajstić information content (AvgIpc) is 2.42. The largest absolute Gasteiger partial charge is 0.396 e. The molecule has 0 aliphatic rings. The second-order valence-electron chi connectivity index (χ2n) is 4.42. The van der Waals surface area contributed by atoms with Gasteiger partial charge in [0.1, 0.15) is 5.69 Å². The van der Waals surface area contributed by atoms with Crippen LogP contribution in [0.5, 0.6) is 0 Å². The van der Waals surface area contributed by atoms with Gasteiger partial charge in [0.15, 0.2) is 0 Å². The van der Waals surface area contributed by atoms with E-state index >= 15 is 0 Å². The Kier molecular flexibility index (Phi) is 6.45. The van der Waals surface area contributed by atoms with Crippen molar-refractivity contribution < 1.29 is 14.8 Å². The van der Waals surface area contributed by atoms with E-state index in [4.69, 9.17) is 10.8 Å². The fourth-order valence-corrected chi connectivity index (χ4v) is 1.80. The lowest BCUT2D eigenvalue weighted by molar-refractivity contribution is -0.384. The van der Waals surface area contributed by atoms with Gasteiger partial charge < -0.3 is 16.2 Å². The first-order chi connectivity index (χ1) is 9.56. The van der Waals surface area contributed by atoms with Crippen LogP contribution in [0.15, 0.2) is 18.2 Å². The molecular formula is C13H19N3O4. The zero-order valence-electron chi connectivity index (χ0n) is 11.2. The molecule has 0 unspecified atom stereocenters. The summed E-state index contributed by atoms with van der Waals surface area (Å²) in [5, 5.41) is 22.5. The number of anilines is 1. The molecule has 0 atom stereocenters. The number of hydrogen-bond acceptors (Lipinski definition) is 5. The second-order valence-corrected chi connectivity index (χ2v) is 4.42. The zero-order chi connectivity index (χ0) is 15.0. The highest BCUT2D eigenvalue weighted by Crippen LogP contribution is 2.25. The summed E-state index contributed by atoms with van der Waals surface area (Å²) in [6, 6.07) is 4.01. The molecule has 1 aromatic rings. The van der Waals surface area contributed by atoms with Crippen LogP contribution in [0.4, 0.5) is 11.4 Å². The first kappa shape index (κ1) is 15.9. The molecule has 0 saturated carbocycles. The van der Waals surface area contributed by atoms with E-state index in [1.807, 2.05) is 0 Å². The number of carbonyl (C=O) groups excluding carboxylic acids is 1. The molecule has 0 aliphatic carbocycles. The van der Waals surface area contributed by atoms with Crippen LogP contribution >= 0.6 is 0 Å². The van der Waals surface area contributed by atoms with Crippen molar-refractivity contribution in [1.29, 1.82) is 0 Å². The Morgan fingerprint density at radius 3 is 2.60 bits per heavy atom. The topological polar surface area (TPSA) is 118 Å². The number of unbranched alkanes of at least 4 members (excludes halogenated alkanes) is 3. The third kappa shape index (κ3) is 4.85. The lowest BCUT2D eigenvalue weighted by Gasteiger charge is -2.08. The highest BCUT2D eigenvalue weighted by Gasteiger charge is 2.15. The molecule has 20 heavy (non-hydrogen) atoms. The van der Waals surface area contributed by atoms with E-state index in [2.05, 4.69) is 5.32 Å². The quantitative estimate of drug-likeness (QED) is 0.361. The van der Waals surface area contributed by atoms with Crippen LogP contribution in [-0.2, 0) is 0 Å². The Morgan fingerprint density at radius 2 is 2.00 bits per heavy atom. The minimum absolute atomic E-state index is 0.0784. The number of amides is 1. The molecule has 0 fully saturated rings. The van der Waals surface area contributed by atoms with Gasteiger partial charge in [-0.15, -0.1) is 0 Å². The van der Waals surface area contributed by atoms with Crippen LogP contribution in [-0.4, -0.2) is 29.1 Å². The third-order valence-corrected chi connectivity index (χ3v) is 2.88. The van der Waals surface area contributed by atoms with Crippen molar-refractivity contribution in [2.24, 2.45) is 5.73 Å². The number of aliphatic hydroxyl groups excluding tert-OH is 1. The smallest absolute Gasteiger partial charge is 0.292 e. The van der Waals surface area contributed by atoms with Crippen LogP contribution in [0.2, 0.25) is 0 Å². The molecule has 0 spiro atoms. The number of hydrogen-bond donors (Lipinski definition) is 3. The number of rotatable bonds is 9. The van der Waals surface area contributed by atoms with E-state index in [-0.39, 0.29) is 17.9 Å². The average molecular weight is 281 g/mol. The van der Waals surface area contributed by atoms with Crippen molar-refractivity contribution in [3.8, 4) is 0 Å². The van der Waals surface area contributed by atoms with Gasteiger partial charge >= 0.3 is 0 Å². The van der Waals surface area contributed by atoms with E-state index in [1.54, 1.807) is 0 Å². The molecule has 0 bridgehead atoms. The first-order valence-electron chi connectivity index (χ1n) is 6.49. The summed E-state index contributed by atoms with van der Waals surface area (Å²) in [6.07, 6.45) is 3.44. The van der Waals surface area contributed by atoms with Gasteiger partial charge in [-0.1, -0.05) is 12.8 Å². The zero-order valence-corrected chi connectivity index (χ0v) is 11.2. The molecule has 0 heterocycles. The Hall–Kier alpha value is -2.15. The predicted molar refractivity (Wildman–Crippen MR) is 75.7 cm³/mol. The minimum atomic E-state index is -0.620. The van der Waals surface area contributed by atoms with Gasteiger partial charge in [0.05, 0.1) is 4.92 Å². The van der Waals surface area contributed by atoms with E-state index in [0.29, 0.717) is 12.2 Å². The maximum atomic E-state index is 11.1. The summed E-state index contributed by atoms with van der Waals surface area (Å²) >= 11 is 0. The molecule has 1 rings (SSSR count). The van der Waals surface area contributed by atoms with Gasteiger partial charge in [0.2, 0.25) is 5.91 Å². The van der Waals surface area contributed by atoms with Gasteiger partial charge in [-0.05, 0) is 25.0 Å². The van der Waals surface area contributed by atoms with Crippen molar-refractivity contribution >= 4 is 17.3 Å². The lowest BCUT2D eigenvalue weighted by Crippen LogP contribution is -2.12. The number of primary amides is 1. The summed E-state index contributed by atoms with van der Waals surface area (Å²) in [6.45, 7) is 0.744. The van der Waals surface area contributed by atoms with E-state index in [1.165, 1.54) is 18.2 Å². The number of aliphatic hydroxyl groups is 1. The maximum absolute atomic E-state index is 11.1. The van der Waals surface area contributed by atoms with Crippen molar-refractivity contribution in [2.45, 2.75) is 25.7 Å². The molecule has 7 heteroatoms. The van der Waals surface area contributed by atoms with E-state index in [0.717, 1.165) is 25.7 Å². The van der Waals surface area contributed by atoms with Gasteiger partial charge in [-0.3, -0.25) is 14.9 Å². The van der Waals surface area contributed by atoms with Crippen molar-refractivity contribution in [3.05, 3.63) is 33.9 Å². The van der Waals surface area contributed by atoms with Crippen molar-refractivity contribution in [3.63, 3.8) is 0 Å². The predicted octanol–water partition coefficient (Wildman–Crippen LogP) is 1.66. The standard InChI is InChI=1S/C13H19N3O4/c14-13(18)10-5-6-12(16(19)20)11(9-10)15-7-3-1-2-4-8-17/h5-6,9,15,17H,1-4,7-8H2,(H2,14,18). The lowest BCUT2D eigenvalue weighted by atomic mass is 10.1. The summed E-state index contributed by atoms with van der Waals surface area (Å²) in [5.74, 6) is -0.620. The molecule has 1 aromatic carbocycles. The number of nitrogens with zero attached hydrogens (tertiary/aromatic N) is 1. The Labute approximate surface area is 116 Å². The molecule has 7 nitrogen and oxygen atoms in total. The highest BCUT2D eigenvalue weighted by atomic mass is 16.6. The number of carbonyl (C=O) groups is 1. The fraction of sp³-hybridized carbons (Fsp3) is 0.462. The Morgan fingerprint density at radius 1 is 1.30 bits per heavy atom. The normalized spacial score (nSPS) is 10.2. The number of nitrogens with two attached hydrogens (primary N) is 1. The van der Waals surface area contributed by atoms with Crippen LogP contribution in [0.25, 0.3) is 0 Å². The molecule has 0 saturated heterocycles. The third-order valence-electron chi connectivity index (χ3n) is 2.88. The number of nitro benzene ring substituents is 1. The highest BCUT2D eigenvalue weighted by molar-refractivity contribution is 5.94. The maximum Gasteiger partial charge on any atom is 0.292 e.